The minimum absolute atomic E-state index is 0.109. The number of carboxylic acid groups (broad SMARTS) is 1. The van der Waals surface area contributed by atoms with Gasteiger partial charge < -0.3 is 24.8 Å². The molecule has 26 heavy (non-hydrogen) atoms. The number of likely N-dealkylation sites (tertiary alicyclic amines) is 1. The number of carbonyl (C=O) groups is 3. The van der Waals surface area contributed by atoms with E-state index in [4.69, 9.17) is 14.6 Å². The molecule has 0 aliphatic carbocycles. The Balaban J connectivity index is 1.84. The van der Waals surface area contributed by atoms with Crippen LogP contribution < -0.4 is 5.32 Å². The predicted molar refractivity (Wildman–Crippen MR) is 92.5 cm³/mol. The number of piperidine rings is 1. The van der Waals surface area contributed by atoms with Gasteiger partial charge in [-0.3, -0.25) is 0 Å². The highest BCUT2D eigenvalue weighted by Crippen LogP contribution is 2.22. The van der Waals surface area contributed by atoms with Crippen molar-refractivity contribution in [2.45, 2.75) is 31.9 Å². The summed E-state index contributed by atoms with van der Waals surface area (Å²) in [7, 11) is 1.26. The van der Waals surface area contributed by atoms with Crippen LogP contribution in [-0.4, -0.2) is 54.4 Å². The van der Waals surface area contributed by atoms with Gasteiger partial charge in [0.25, 0.3) is 0 Å². The highest BCUT2D eigenvalue weighted by molar-refractivity contribution is 5.81. The monoisotopic (exact) mass is 364 g/mol. The van der Waals surface area contributed by atoms with Gasteiger partial charge in [-0.25, -0.2) is 14.4 Å². The van der Waals surface area contributed by atoms with Gasteiger partial charge in [0.15, 0.2) is 0 Å². The number of hydrogen-bond donors (Lipinski definition) is 2. The van der Waals surface area contributed by atoms with E-state index >= 15 is 0 Å². The van der Waals surface area contributed by atoms with Gasteiger partial charge in [-0.05, 0) is 30.7 Å². The zero-order chi connectivity index (χ0) is 18.9. The van der Waals surface area contributed by atoms with Gasteiger partial charge in [-0.2, -0.15) is 0 Å². The number of nitrogens with one attached hydrogen (secondary N) is 1. The second kappa shape index (κ2) is 9.65. The Morgan fingerprint density at radius 1 is 1.23 bits per heavy atom. The van der Waals surface area contributed by atoms with E-state index in [0.29, 0.717) is 32.4 Å². The fourth-order valence-corrected chi connectivity index (χ4v) is 2.96. The van der Waals surface area contributed by atoms with Crippen molar-refractivity contribution >= 4 is 18.2 Å². The largest absolute Gasteiger partial charge is 0.467 e. The molecule has 2 amide bonds. The Labute approximate surface area is 152 Å². The van der Waals surface area contributed by atoms with E-state index in [1.54, 1.807) is 0 Å². The van der Waals surface area contributed by atoms with Crippen LogP contribution in [0.25, 0.3) is 0 Å². The number of methoxy groups -OCH3 is 1. The quantitative estimate of drug-likeness (QED) is 0.750. The van der Waals surface area contributed by atoms with E-state index in [0.717, 1.165) is 5.56 Å². The molecule has 1 aliphatic heterocycles. The molecular weight excluding hydrogens is 340 g/mol. The van der Waals surface area contributed by atoms with Crippen molar-refractivity contribution in [3.8, 4) is 0 Å². The lowest BCUT2D eigenvalue weighted by Gasteiger charge is -2.31. The zero-order valence-electron chi connectivity index (χ0n) is 14.7. The number of esters is 1. The molecule has 0 aromatic heterocycles. The number of amides is 2. The van der Waals surface area contributed by atoms with Crippen LogP contribution in [0.5, 0.6) is 0 Å². The van der Waals surface area contributed by atoms with Gasteiger partial charge in [0.05, 0.1) is 7.11 Å². The second-order valence-electron chi connectivity index (χ2n) is 6.23. The molecule has 1 aromatic carbocycles. The lowest BCUT2D eigenvalue weighted by atomic mass is 9.90. The third kappa shape index (κ3) is 5.94. The molecule has 1 fully saturated rings. The summed E-state index contributed by atoms with van der Waals surface area (Å²) < 4.78 is 9.91. The minimum Gasteiger partial charge on any atom is -0.467 e. The number of rotatable bonds is 6. The summed E-state index contributed by atoms with van der Waals surface area (Å²) in [6.45, 7) is 0.955. The number of alkyl carbamates (subject to hydrolysis) is 1. The molecule has 2 rings (SSSR count). The van der Waals surface area contributed by atoms with Crippen molar-refractivity contribution in [2.75, 3.05) is 20.2 Å². The van der Waals surface area contributed by atoms with E-state index < -0.39 is 24.2 Å². The number of hydrogen-bond acceptors (Lipinski definition) is 5. The molecule has 2 N–H and O–H groups in total. The van der Waals surface area contributed by atoms with Crippen molar-refractivity contribution in [3.63, 3.8) is 0 Å². The predicted octanol–water partition coefficient (Wildman–Crippen LogP) is 2.23. The molecule has 0 saturated carbocycles. The first kappa shape index (κ1) is 19.6. The SMILES string of the molecule is COC(=O)[C@H](CC1CCN(C(=O)O)CC1)NC(=O)OCc1ccccc1. The third-order valence-corrected chi connectivity index (χ3v) is 4.44. The Kier molecular flexibility index (Phi) is 7.25. The van der Waals surface area contributed by atoms with Crippen molar-refractivity contribution in [1.29, 1.82) is 0 Å². The summed E-state index contributed by atoms with van der Waals surface area (Å²) in [5, 5.41) is 11.5. The van der Waals surface area contributed by atoms with Crippen LogP contribution in [0.2, 0.25) is 0 Å². The molecule has 0 bridgehead atoms. The summed E-state index contributed by atoms with van der Waals surface area (Å²) in [4.78, 5) is 36.3. The molecule has 0 unspecified atom stereocenters. The molecular formula is C18H24N2O6. The van der Waals surface area contributed by atoms with Crippen LogP contribution in [0.1, 0.15) is 24.8 Å². The van der Waals surface area contributed by atoms with Gasteiger partial charge >= 0.3 is 18.2 Å². The van der Waals surface area contributed by atoms with E-state index in [2.05, 4.69) is 5.32 Å². The maximum absolute atomic E-state index is 12.0. The smallest absolute Gasteiger partial charge is 0.408 e. The minimum atomic E-state index is -0.935. The topological polar surface area (TPSA) is 105 Å². The summed E-state index contributed by atoms with van der Waals surface area (Å²) in [6, 6.07) is 8.41. The van der Waals surface area contributed by atoms with E-state index in [-0.39, 0.29) is 12.5 Å². The first-order valence-corrected chi connectivity index (χ1v) is 8.52. The average molecular weight is 364 g/mol. The lowest BCUT2D eigenvalue weighted by molar-refractivity contribution is -0.143. The van der Waals surface area contributed by atoms with Gasteiger partial charge in [-0.15, -0.1) is 0 Å². The third-order valence-electron chi connectivity index (χ3n) is 4.44. The maximum atomic E-state index is 12.0. The lowest BCUT2D eigenvalue weighted by Crippen LogP contribution is -2.45. The second-order valence-corrected chi connectivity index (χ2v) is 6.23. The number of carbonyl (C=O) groups excluding carboxylic acids is 2. The number of benzene rings is 1. The van der Waals surface area contributed by atoms with Gasteiger partial charge in [-0.1, -0.05) is 30.3 Å². The molecule has 142 valence electrons. The highest BCUT2D eigenvalue weighted by Gasteiger charge is 2.29. The van der Waals surface area contributed by atoms with E-state index in [9.17, 15) is 14.4 Å². The number of ether oxygens (including phenoxy) is 2. The molecule has 1 heterocycles. The average Bonchev–Trinajstić information content (AvgIpc) is 2.66. The molecule has 1 saturated heterocycles. The molecule has 1 aliphatic rings. The van der Waals surface area contributed by atoms with Gasteiger partial charge in [0.2, 0.25) is 0 Å². The van der Waals surface area contributed by atoms with Crippen LogP contribution in [0.3, 0.4) is 0 Å². The van der Waals surface area contributed by atoms with Crippen LogP contribution >= 0.6 is 0 Å². The first-order valence-electron chi connectivity index (χ1n) is 8.52. The van der Waals surface area contributed by atoms with E-state index in [1.165, 1.54) is 12.0 Å². The Bertz CT molecular complexity index is 613. The maximum Gasteiger partial charge on any atom is 0.408 e. The molecule has 8 nitrogen and oxygen atoms in total. The van der Waals surface area contributed by atoms with Crippen LogP contribution in [-0.2, 0) is 20.9 Å². The van der Waals surface area contributed by atoms with Crippen molar-refractivity contribution < 1.29 is 29.0 Å². The summed E-state index contributed by atoms with van der Waals surface area (Å²) in [6.07, 6.45) is 0.0459. The first-order chi connectivity index (χ1) is 12.5. The van der Waals surface area contributed by atoms with Crippen LogP contribution in [0.4, 0.5) is 9.59 Å². The fraction of sp³-hybridized carbons (Fsp3) is 0.500. The van der Waals surface area contributed by atoms with E-state index in [1.807, 2.05) is 30.3 Å². The van der Waals surface area contributed by atoms with Crippen molar-refractivity contribution in [1.82, 2.24) is 10.2 Å². The number of nitrogens with zero attached hydrogens (tertiary/aromatic N) is 1. The fourth-order valence-electron chi connectivity index (χ4n) is 2.96. The molecule has 0 spiro atoms. The van der Waals surface area contributed by atoms with Crippen LogP contribution in [0.15, 0.2) is 30.3 Å². The molecule has 0 radical (unpaired) electrons. The van der Waals surface area contributed by atoms with Crippen molar-refractivity contribution in [3.05, 3.63) is 35.9 Å². The summed E-state index contributed by atoms with van der Waals surface area (Å²) >= 11 is 0. The molecule has 1 aromatic rings. The van der Waals surface area contributed by atoms with Gasteiger partial charge in [0, 0.05) is 13.1 Å². The summed E-state index contributed by atoms with van der Waals surface area (Å²) in [5.74, 6) is -0.411. The summed E-state index contributed by atoms with van der Waals surface area (Å²) in [5.41, 5.74) is 0.846. The zero-order valence-corrected chi connectivity index (χ0v) is 14.7. The van der Waals surface area contributed by atoms with Gasteiger partial charge in [0.1, 0.15) is 12.6 Å². The Hall–Kier alpha value is -2.77. The van der Waals surface area contributed by atoms with Crippen LogP contribution in [0, 0.1) is 5.92 Å². The normalized spacial score (nSPS) is 15.8. The Morgan fingerprint density at radius 3 is 2.46 bits per heavy atom. The Morgan fingerprint density at radius 2 is 1.88 bits per heavy atom. The molecule has 8 heteroatoms. The highest BCUT2D eigenvalue weighted by atomic mass is 16.6. The van der Waals surface area contributed by atoms with Crippen molar-refractivity contribution in [2.24, 2.45) is 5.92 Å². The standard InChI is InChI=1S/C18H24N2O6/c1-25-16(21)15(11-13-7-9-20(10-8-13)18(23)24)19-17(22)26-12-14-5-3-2-4-6-14/h2-6,13,15H,7-12H2,1H3,(H,19,22)(H,23,24)/t15-/m0/s1. The molecule has 1 atom stereocenters.